The zero-order chi connectivity index (χ0) is 21.4. The monoisotopic (exact) mass is 401 g/mol. The lowest BCUT2D eigenvalue weighted by Crippen LogP contribution is -2.42. The van der Waals surface area contributed by atoms with Crippen molar-refractivity contribution in [3.8, 4) is 0 Å². The minimum Gasteiger partial charge on any atom is -0.403 e. The van der Waals surface area contributed by atoms with Crippen LogP contribution in [0.2, 0.25) is 5.31 Å². The average molecular weight is 401 g/mol. The van der Waals surface area contributed by atoms with Crippen LogP contribution in [-0.4, -0.2) is 45.5 Å². The van der Waals surface area contributed by atoms with Crippen LogP contribution < -0.4 is 0 Å². The smallest absolute Gasteiger partial charge is 0.403 e. The molecule has 3 aliphatic rings. The summed E-state index contributed by atoms with van der Waals surface area (Å²) in [6, 6.07) is 0. The lowest BCUT2D eigenvalue weighted by molar-refractivity contribution is 0.00578. The molecule has 1 aliphatic carbocycles. The predicted octanol–water partition coefficient (Wildman–Crippen LogP) is 3.66. The first-order valence-corrected chi connectivity index (χ1v) is 10.2. The van der Waals surface area contributed by atoms with Gasteiger partial charge in [-0.3, -0.25) is 9.48 Å². The Balaban J connectivity index is 1.64. The number of halogens is 1. The summed E-state index contributed by atoms with van der Waals surface area (Å²) in [7, 11) is 1.16. The third-order valence-corrected chi connectivity index (χ3v) is 7.19. The number of aromatic nitrogens is 2. The zero-order valence-corrected chi connectivity index (χ0v) is 18.2. The van der Waals surface area contributed by atoms with Crippen LogP contribution in [0.4, 0.5) is 4.39 Å². The zero-order valence-electron chi connectivity index (χ0n) is 18.2. The van der Waals surface area contributed by atoms with E-state index in [4.69, 9.17) is 9.31 Å². The summed E-state index contributed by atoms with van der Waals surface area (Å²) in [5.41, 5.74) is 0.769. The highest BCUT2D eigenvalue weighted by atomic mass is 19.1. The maximum absolute atomic E-state index is 15.4. The highest BCUT2D eigenvalue weighted by molar-refractivity contribution is 6.50. The standard InChI is InChI=1S/C21H29BFN3O3/c1-13-10-16(26-9-8-14-12-24-25(7)17(14)18(26)27)15(23)11-21(13,6)22-28-19(2,3)20(4,5)29-22/h10-13H,8-9H2,1-7H3. The molecule has 2 atom stereocenters. The van der Waals surface area contributed by atoms with E-state index in [0.29, 0.717) is 24.4 Å². The van der Waals surface area contributed by atoms with Gasteiger partial charge in [-0.1, -0.05) is 19.9 Å². The third kappa shape index (κ3) is 2.91. The first-order chi connectivity index (χ1) is 13.4. The molecule has 1 fully saturated rings. The molecule has 8 heteroatoms. The molecule has 1 aromatic heterocycles. The molecule has 1 saturated heterocycles. The highest BCUT2D eigenvalue weighted by Crippen LogP contribution is 2.53. The highest BCUT2D eigenvalue weighted by Gasteiger charge is 2.59. The molecule has 29 heavy (non-hydrogen) atoms. The van der Waals surface area contributed by atoms with Crippen molar-refractivity contribution in [2.75, 3.05) is 6.54 Å². The summed E-state index contributed by atoms with van der Waals surface area (Å²) in [6.45, 7) is 12.4. The summed E-state index contributed by atoms with van der Waals surface area (Å²) in [5, 5.41) is 3.49. The second kappa shape index (κ2) is 6.28. The fraction of sp³-hybridized carbons (Fsp3) is 0.619. The summed E-state index contributed by atoms with van der Waals surface area (Å²) in [6.07, 6.45) is 5.77. The van der Waals surface area contributed by atoms with Gasteiger partial charge >= 0.3 is 7.12 Å². The van der Waals surface area contributed by atoms with Crippen LogP contribution in [0.25, 0.3) is 0 Å². The number of rotatable bonds is 2. The van der Waals surface area contributed by atoms with Crippen molar-refractivity contribution >= 4 is 13.0 Å². The molecule has 6 nitrogen and oxygen atoms in total. The van der Waals surface area contributed by atoms with Gasteiger partial charge in [-0.2, -0.15) is 5.10 Å². The number of amides is 1. The van der Waals surface area contributed by atoms with Crippen molar-refractivity contribution < 1.29 is 18.5 Å². The van der Waals surface area contributed by atoms with Gasteiger partial charge in [0.15, 0.2) is 0 Å². The van der Waals surface area contributed by atoms with Crippen LogP contribution in [0.3, 0.4) is 0 Å². The second-order valence-corrected chi connectivity index (χ2v) is 9.64. The molecule has 4 rings (SSSR count). The van der Waals surface area contributed by atoms with E-state index in [1.807, 2.05) is 47.6 Å². The lowest BCUT2D eigenvalue weighted by atomic mass is 9.51. The number of aryl methyl sites for hydroxylation is 1. The number of hydrogen-bond acceptors (Lipinski definition) is 4. The van der Waals surface area contributed by atoms with E-state index in [1.165, 1.54) is 4.90 Å². The Morgan fingerprint density at radius 3 is 2.45 bits per heavy atom. The van der Waals surface area contributed by atoms with Gasteiger partial charge in [0, 0.05) is 24.5 Å². The van der Waals surface area contributed by atoms with E-state index in [2.05, 4.69) is 5.10 Å². The Morgan fingerprint density at radius 2 is 1.83 bits per heavy atom. The molecule has 3 heterocycles. The van der Waals surface area contributed by atoms with Crippen molar-refractivity contribution in [1.29, 1.82) is 0 Å². The van der Waals surface area contributed by atoms with Crippen LogP contribution in [0, 0.1) is 5.92 Å². The van der Waals surface area contributed by atoms with Gasteiger partial charge in [-0.25, -0.2) is 4.39 Å². The Hall–Kier alpha value is -1.93. The molecule has 156 valence electrons. The van der Waals surface area contributed by atoms with Crippen molar-refractivity contribution in [2.24, 2.45) is 13.0 Å². The van der Waals surface area contributed by atoms with E-state index >= 15 is 4.39 Å². The van der Waals surface area contributed by atoms with Crippen molar-refractivity contribution in [2.45, 2.75) is 64.5 Å². The number of allylic oxidation sites excluding steroid dienone is 3. The van der Waals surface area contributed by atoms with Gasteiger partial charge in [-0.05, 0) is 46.1 Å². The summed E-state index contributed by atoms with van der Waals surface area (Å²) >= 11 is 0. The largest absolute Gasteiger partial charge is 0.468 e. The van der Waals surface area contributed by atoms with Gasteiger partial charge in [0.25, 0.3) is 5.91 Å². The van der Waals surface area contributed by atoms with Gasteiger partial charge in [0.05, 0.1) is 23.1 Å². The molecule has 0 aromatic carbocycles. The number of hydrogen-bond donors (Lipinski definition) is 0. The average Bonchev–Trinajstić information content (AvgIpc) is 3.09. The Morgan fingerprint density at radius 1 is 1.21 bits per heavy atom. The van der Waals surface area contributed by atoms with Crippen LogP contribution in [0.1, 0.15) is 57.6 Å². The van der Waals surface area contributed by atoms with Crippen molar-refractivity contribution in [3.63, 3.8) is 0 Å². The van der Waals surface area contributed by atoms with Crippen LogP contribution in [0.15, 0.2) is 29.9 Å². The SMILES string of the molecule is CC1C=C(N2CCc3cnn(C)c3C2=O)C(F)=CC1(C)B1OC(C)(C)C(C)(C)O1. The fourth-order valence-corrected chi connectivity index (χ4v) is 4.21. The molecule has 0 saturated carbocycles. The topological polar surface area (TPSA) is 56.6 Å². The first-order valence-electron chi connectivity index (χ1n) is 10.2. The van der Waals surface area contributed by atoms with E-state index in [9.17, 15) is 4.79 Å². The molecule has 2 aliphatic heterocycles. The number of carbonyl (C=O) groups excluding carboxylic acids is 1. The van der Waals surface area contributed by atoms with E-state index < -0.39 is 29.5 Å². The Kier molecular flexibility index (Phi) is 4.41. The first kappa shape index (κ1) is 20.4. The maximum Gasteiger partial charge on any atom is 0.468 e. The molecule has 0 N–H and O–H groups in total. The number of carbonyl (C=O) groups is 1. The van der Waals surface area contributed by atoms with E-state index in [-0.39, 0.29) is 11.8 Å². The Labute approximate surface area is 171 Å². The lowest BCUT2D eigenvalue weighted by Gasteiger charge is -2.39. The van der Waals surface area contributed by atoms with Gasteiger partial charge in [0.2, 0.25) is 0 Å². The summed E-state index contributed by atoms with van der Waals surface area (Å²) in [5.74, 6) is -0.723. The van der Waals surface area contributed by atoms with Gasteiger partial charge in [-0.15, -0.1) is 0 Å². The van der Waals surface area contributed by atoms with Crippen LogP contribution >= 0.6 is 0 Å². The van der Waals surface area contributed by atoms with Crippen LogP contribution in [-0.2, 0) is 22.8 Å². The molecule has 2 unspecified atom stereocenters. The predicted molar refractivity (Wildman–Crippen MR) is 109 cm³/mol. The summed E-state index contributed by atoms with van der Waals surface area (Å²) < 4.78 is 29.4. The van der Waals surface area contributed by atoms with Crippen molar-refractivity contribution in [1.82, 2.24) is 14.7 Å². The van der Waals surface area contributed by atoms with Gasteiger partial charge in [0.1, 0.15) is 11.5 Å². The second-order valence-electron chi connectivity index (χ2n) is 9.64. The van der Waals surface area contributed by atoms with E-state index in [0.717, 1.165) is 5.56 Å². The minimum absolute atomic E-state index is 0.0903. The molecule has 0 radical (unpaired) electrons. The molecule has 1 aromatic rings. The Bertz CT molecular complexity index is 920. The number of nitrogens with zero attached hydrogens (tertiary/aromatic N) is 3. The minimum atomic E-state index is -0.685. The number of fused-ring (bicyclic) bond motifs is 1. The fourth-order valence-electron chi connectivity index (χ4n) is 4.21. The molecule has 0 bridgehead atoms. The molecule has 1 amide bonds. The van der Waals surface area contributed by atoms with Crippen molar-refractivity contribution in [3.05, 3.63) is 41.1 Å². The molecular formula is C21H29BFN3O3. The van der Waals surface area contributed by atoms with Gasteiger partial charge < -0.3 is 14.2 Å². The normalized spacial score (nSPS) is 30.9. The molecule has 0 spiro atoms. The summed E-state index contributed by atoms with van der Waals surface area (Å²) in [4.78, 5) is 14.5. The van der Waals surface area contributed by atoms with E-state index in [1.54, 1.807) is 24.0 Å². The third-order valence-electron chi connectivity index (χ3n) is 7.19. The maximum atomic E-state index is 15.4. The molecular weight excluding hydrogens is 372 g/mol. The van der Waals surface area contributed by atoms with Crippen LogP contribution in [0.5, 0.6) is 0 Å². The quantitative estimate of drug-likeness (QED) is 0.710.